The first-order valence-electron chi connectivity index (χ1n) is 16.5. The van der Waals surface area contributed by atoms with Gasteiger partial charge in [-0.3, -0.25) is 14.9 Å². The van der Waals surface area contributed by atoms with E-state index in [1.54, 1.807) is 39.8 Å². The van der Waals surface area contributed by atoms with Gasteiger partial charge in [-0.1, -0.05) is 72.8 Å². The molecule has 1 unspecified atom stereocenters. The van der Waals surface area contributed by atoms with Crippen LogP contribution in [0.2, 0.25) is 0 Å². The van der Waals surface area contributed by atoms with Gasteiger partial charge in [-0.05, 0) is 77.2 Å². The predicted molar refractivity (Wildman–Crippen MR) is 193 cm³/mol. The second-order valence-corrected chi connectivity index (χ2v) is 13.6. The third-order valence-corrected chi connectivity index (χ3v) is 9.22. The maximum atomic E-state index is 13.5. The van der Waals surface area contributed by atoms with Crippen molar-refractivity contribution in [1.29, 1.82) is 0 Å². The smallest absolute Gasteiger partial charge is 0.337 e. The zero-order valence-corrected chi connectivity index (χ0v) is 29.7. The second kappa shape index (κ2) is 15.9. The Morgan fingerprint density at radius 1 is 0.939 bits per heavy atom. The number of nitrogens with one attached hydrogen (secondary N) is 1. The first-order valence-corrected chi connectivity index (χ1v) is 16.5. The Labute approximate surface area is 294 Å². The molecule has 3 aromatic carbocycles. The maximum absolute atomic E-state index is 13.5. The van der Waals surface area contributed by atoms with Crippen molar-refractivity contribution in [2.45, 2.75) is 64.4 Å². The molecule has 2 heterocycles. The number of piperidine rings is 1. The van der Waals surface area contributed by atoms with Gasteiger partial charge in [0, 0.05) is 47.0 Å². The largest absolute Gasteiger partial charge is 0.457 e. The lowest BCUT2D eigenvalue weighted by Gasteiger charge is -2.43. The Balaban J connectivity index is 0.00000541. The molecule has 1 atom stereocenters. The molecular formula is C39H46ClN3O6. The van der Waals surface area contributed by atoms with Crippen LogP contribution < -0.4 is 5.32 Å². The minimum Gasteiger partial charge on any atom is -0.457 e. The third kappa shape index (κ3) is 8.65. The Kier molecular flexibility index (Phi) is 12.2. The first-order chi connectivity index (χ1) is 22.9. The van der Waals surface area contributed by atoms with Gasteiger partial charge in [0.05, 0.1) is 23.7 Å². The standard InChI is InChI=1S/C39H45N3O6.ClH/c1-27-34(37(44)48-38(3,4)5)36(29-13-12-18-32(25-29)42(45)46)35(28(2)43)33(40-27)26-47-24-23-41-21-19-39(20-22-41,30-14-8-6-9-15-30)31-16-10-7-11-17-31;/h6-18,25,36,40H,19-24,26H2,1-5H3;1H. The van der Waals surface area contributed by atoms with E-state index >= 15 is 0 Å². The lowest BCUT2D eigenvalue weighted by molar-refractivity contribution is -0.384. The molecule has 0 aromatic heterocycles. The molecule has 0 aliphatic carbocycles. The van der Waals surface area contributed by atoms with Crippen molar-refractivity contribution in [2.24, 2.45) is 0 Å². The van der Waals surface area contributed by atoms with Gasteiger partial charge >= 0.3 is 5.97 Å². The van der Waals surface area contributed by atoms with Crippen LogP contribution in [0.25, 0.3) is 0 Å². The third-order valence-electron chi connectivity index (χ3n) is 9.22. The second-order valence-electron chi connectivity index (χ2n) is 13.6. The van der Waals surface area contributed by atoms with Gasteiger partial charge in [0.2, 0.25) is 0 Å². The molecular weight excluding hydrogens is 642 g/mol. The SMILES string of the molecule is CC(=O)C1=C(COCCN2CCC(c3ccccc3)(c3ccccc3)CC2)NC(C)=C(C(=O)OC(C)(C)C)C1c1cccc([N+](=O)[O-])c1.Cl. The highest BCUT2D eigenvalue weighted by atomic mass is 35.5. The van der Waals surface area contributed by atoms with Crippen LogP contribution in [0.4, 0.5) is 5.69 Å². The van der Waals surface area contributed by atoms with Crippen LogP contribution in [0.1, 0.15) is 70.1 Å². The normalized spacial score (nSPS) is 17.9. The summed E-state index contributed by atoms with van der Waals surface area (Å²) in [6.45, 7) is 11.6. The molecule has 10 heteroatoms. The topological polar surface area (TPSA) is 111 Å². The summed E-state index contributed by atoms with van der Waals surface area (Å²) >= 11 is 0. The number of non-ortho nitro benzene ring substituents is 1. The number of esters is 1. The van der Waals surface area contributed by atoms with Crippen LogP contribution in [-0.2, 0) is 24.5 Å². The number of nitro groups is 1. The number of hydrogen-bond acceptors (Lipinski definition) is 8. The number of nitrogens with zero attached hydrogens (tertiary/aromatic N) is 2. The highest BCUT2D eigenvalue weighted by Crippen LogP contribution is 2.42. The van der Waals surface area contributed by atoms with Gasteiger partial charge < -0.3 is 19.7 Å². The minimum atomic E-state index is -0.858. The molecule has 1 fully saturated rings. The number of ether oxygens (including phenoxy) is 2. The number of allylic oxidation sites excluding steroid dienone is 2. The number of ketones is 1. The lowest BCUT2D eigenvalue weighted by atomic mass is 9.68. The van der Waals surface area contributed by atoms with Crippen LogP contribution in [0.3, 0.4) is 0 Å². The summed E-state index contributed by atoms with van der Waals surface area (Å²) in [6, 6.07) is 27.6. The molecule has 0 amide bonds. The number of carbonyl (C=O) groups excluding carboxylic acids is 2. The van der Waals surface area contributed by atoms with Gasteiger partial charge in [0.1, 0.15) is 5.60 Å². The summed E-state index contributed by atoms with van der Waals surface area (Å²) in [5, 5.41) is 14.9. The molecule has 0 bridgehead atoms. The highest BCUT2D eigenvalue weighted by molar-refractivity contribution is 6.02. The quantitative estimate of drug-likeness (QED) is 0.0971. The van der Waals surface area contributed by atoms with Crippen molar-refractivity contribution in [1.82, 2.24) is 10.2 Å². The van der Waals surface area contributed by atoms with Crippen molar-refractivity contribution in [2.75, 3.05) is 32.8 Å². The van der Waals surface area contributed by atoms with Crippen molar-refractivity contribution in [3.63, 3.8) is 0 Å². The summed E-state index contributed by atoms with van der Waals surface area (Å²) in [5.74, 6) is -1.71. The van der Waals surface area contributed by atoms with Gasteiger partial charge in [-0.15, -0.1) is 12.4 Å². The number of carbonyl (C=O) groups is 2. The van der Waals surface area contributed by atoms with Gasteiger partial charge in [-0.2, -0.15) is 0 Å². The van der Waals surface area contributed by atoms with Crippen molar-refractivity contribution in [3.8, 4) is 0 Å². The zero-order chi connectivity index (χ0) is 34.5. The van der Waals surface area contributed by atoms with E-state index in [1.165, 1.54) is 30.2 Å². The molecule has 2 aliphatic heterocycles. The van der Waals surface area contributed by atoms with E-state index in [0.717, 1.165) is 32.5 Å². The Morgan fingerprint density at radius 2 is 1.53 bits per heavy atom. The molecule has 260 valence electrons. The summed E-state index contributed by atoms with van der Waals surface area (Å²) in [5.41, 5.74) is 3.82. The predicted octanol–water partition coefficient (Wildman–Crippen LogP) is 7.26. The average molecular weight is 688 g/mol. The summed E-state index contributed by atoms with van der Waals surface area (Å²) in [4.78, 5) is 40.4. The van der Waals surface area contributed by atoms with E-state index in [1.807, 2.05) is 0 Å². The number of halogens is 1. The first kappa shape index (κ1) is 37.5. The van der Waals surface area contributed by atoms with Crippen molar-refractivity contribution < 1.29 is 24.0 Å². The number of nitro benzene ring substituents is 1. The molecule has 5 rings (SSSR count). The molecule has 1 saturated heterocycles. The zero-order valence-electron chi connectivity index (χ0n) is 28.9. The number of rotatable bonds is 11. The maximum Gasteiger partial charge on any atom is 0.337 e. The molecule has 0 spiro atoms. The van der Waals surface area contributed by atoms with Crippen LogP contribution in [0.5, 0.6) is 0 Å². The van der Waals surface area contributed by atoms with Crippen molar-refractivity contribution >= 4 is 29.8 Å². The average Bonchev–Trinajstić information content (AvgIpc) is 3.06. The molecule has 1 N–H and O–H groups in total. The Morgan fingerprint density at radius 3 is 2.06 bits per heavy atom. The number of dihydropyridines is 1. The van der Waals surface area contributed by atoms with Gasteiger partial charge in [-0.25, -0.2) is 4.79 Å². The highest BCUT2D eigenvalue weighted by Gasteiger charge is 2.39. The summed E-state index contributed by atoms with van der Waals surface area (Å²) in [6.07, 6.45) is 1.98. The van der Waals surface area contributed by atoms with E-state index in [0.29, 0.717) is 29.1 Å². The molecule has 49 heavy (non-hydrogen) atoms. The fraction of sp³-hybridized carbons (Fsp3) is 0.385. The molecule has 2 aliphatic rings. The number of benzene rings is 3. The van der Waals surface area contributed by atoms with Gasteiger partial charge in [0.15, 0.2) is 5.78 Å². The fourth-order valence-corrected chi connectivity index (χ4v) is 6.97. The van der Waals surface area contributed by atoms with E-state index in [4.69, 9.17) is 9.47 Å². The van der Waals surface area contributed by atoms with Crippen LogP contribution in [0, 0.1) is 10.1 Å². The lowest BCUT2D eigenvalue weighted by Crippen LogP contribution is -2.44. The number of Topliss-reactive ketones (excluding diaryl/α,β-unsaturated/α-hetero) is 1. The van der Waals surface area contributed by atoms with Crippen LogP contribution >= 0.6 is 12.4 Å². The monoisotopic (exact) mass is 687 g/mol. The van der Waals surface area contributed by atoms with Gasteiger partial charge in [0.25, 0.3) is 5.69 Å². The summed E-state index contributed by atoms with van der Waals surface area (Å²) in [7, 11) is 0. The number of hydrogen-bond donors (Lipinski definition) is 1. The van der Waals surface area contributed by atoms with Crippen LogP contribution in [-0.4, -0.2) is 60.0 Å². The Hall–Kier alpha value is -4.31. The van der Waals surface area contributed by atoms with Crippen molar-refractivity contribution in [3.05, 3.63) is 134 Å². The fourth-order valence-electron chi connectivity index (χ4n) is 6.97. The Bertz CT molecular complexity index is 1670. The molecule has 9 nitrogen and oxygen atoms in total. The molecule has 0 radical (unpaired) electrons. The number of likely N-dealkylation sites (tertiary alicyclic amines) is 1. The van der Waals surface area contributed by atoms with E-state index in [2.05, 4.69) is 70.9 Å². The van der Waals surface area contributed by atoms with Crippen LogP contribution in [0.15, 0.2) is 107 Å². The van der Waals surface area contributed by atoms with E-state index in [9.17, 15) is 19.7 Å². The summed E-state index contributed by atoms with van der Waals surface area (Å²) < 4.78 is 11.9. The molecule has 0 saturated carbocycles. The van der Waals surface area contributed by atoms with E-state index < -0.39 is 22.4 Å². The van der Waals surface area contributed by atoms with E-state index in [-0.39, 0.29) is 41.5 Å². The minimum absolute atomic E-state index is 0. The molecule has 3 aromatic rings.